The monoisotopic (exact) mass is 358 g/mol. The summed E-state index contributed by atoms with van der Waals surface area (Å²) in [5.74, 6) is -0.440. The van der Waals surface area contributed by atoms with Crippen LogP contribution in [-0.2, 0) is 11.8 Å². The molecule has 0 aliphatic heterocycles. The van der Waals surface area contributed by atoms with Gasteiger partial charge in [0.25, 0.3) is 5.91 Å². The normalized spacial score (nSPS) is 11.4. The van der Waals surface area contributed by atoms with Crippen LogP contribution in [0.3, 0.4) is 0 Å². The molecule has 4 rings (SSSR count). The lowest BCUT2D eigenvalue weighted by Crippen LogP contribution is -2.11. The van der Waals surface area contributed by atoms with Gasteiger partial charge in [0, 0.05) is 23.5 Å². The summed E-state index contributed by atoms with van der Waals surface area (Å²) in [4.78, 5) is 12.2. The number of benzene rings is 3. The Labute approximate surface area is 155 Å². The van der Waals surface area contributed by atoms with Crippen LogP contribution in [0.2, 0.25) is 0 Å². The summed E-state index contributed by atoms with van der Waals surface area (Å²) < 4.78 is 1.61. The number of anilines is 1. The van der Waals surface area contributed by atoms with E-state index in [1.165, 1.54) is 0 Å². The molecule has 2 N–H and O–H groups in total. The molecule has 6 heteroatoms. The molecule has 0 aliphatic carbocycles. The van der Waals surface area contributed by atoms with Gasteiger partial charge in [0.15, 0.2) is 5.69 Å². The second-order valence-electron chi connectivity index (χ2n) is 6.22. The maximum Gasteiger partial charge on any atom is 0.283 e. The van der Waals surface area contributed by atoms with Gasteiger partial charge in [-0.05, 0) is 17.5 Å². The van der Waals surface area contributed by atoms with E-state index in [9.17, 15) is 9.90 Å². The van der Waals surface area contributed by atoms with Crippen LogP contribution >= 0.6 is 0 Å². The van der Waals surface area contributed by atoms with Crippen molar-refractivity contribution in [2.45, 2.75) is 0 Å². The van der Waals surface area contributed by atoms with Crippen LogP contribution in [0.1, 0.15) is 0 Å². The van der Waals surface area contributed by atoms with E-state index in [-0.39, 0.29) is 12.4 Å². The van der Waals surface area contributed by atoms with Crippen LogP contribution in [0.25, 0.3) is 21.7 Å². The largest absolute Gasteiger partial charge is 0.493 e. The molecule has 6 nitrogen and oxygen atoms in total. The van der Waals surface area contributed by atoms with E-state index in [4.69, 9.17) is 0 Å². The highest BCUT2D eigenvalue weighted by molar-refractivity contribution is 5.96. The highest BCUT2D eigenvalue weighted by atomic mass is 16.3. The van der Waals surface area contributed by atoms with Crippen LogP contribution in [0.5, 0.6) is 5.88 Å². The molecule has 4 aromatic rings. The lowest BCUT2D eigenvalue weighted by molar-refractivity contribution is -0.116. The van der Waals surface area contributed by atoms with Crippen molar-refractivity contribution in [3.63, 3.8) is 0 Å². The first kappa shape index (κ1) is 16.8. The molecule has 1 aromatic heterocycles. The van der Waals surface area contributed by atoms with E-state index >= 15 is 0 Å². The number of nitrogens with zero attached hydrogens (tertiary/aromatic N) is 3. The van der Waals surface area contributed by atoms with Crippen LogP contribution in [0.15, 0.2) is 77.0 Å². The molecule has 1 heterocycles. The average Bonchev–Trinajstić information content (AvgIpc) is 2.95. The molecule has 0 bridgehead atoms. The third-order valence-corrected chi connectivity index (χ3v) is 4.53. The Morgan fingerprint density at radius 3 is 2.56 bits per heavy atom. The number of azo groups is 1. The Bertz CT molecular complexity index is 1170. The number of para-hydroxylation sites is 1. The molecule has 0 aliphatic rings. The first-order valence-electron chi connectivity index (χ1n) is 8.58. The predicted molar refractivity (Wildman–Crippen MR) is 107 cm³/mol. The van der Waals surface area contributed by atoms with E-state index in [0.29, 0.717) is 5.69 Å². The van der Waals surface area contributed by atoms with Gasteiger partial charge in [-0.3, -0.25) is 4.79 Å². The van der Waals surface area contributed by atoms with Crippen molar-refractivity contribution in [1.29, 1.82) is 0 Å². The molecular formula is C21H18N4O2. The fourth-order valence-corrected chi connectivity index (χ4v) is 3.15. The number of hydrogen-bond acceptors (Lipinski definition) is 4. The summed E-state index contributed by atoms with van der Waals surface area (Å²) in [6, 6.07) is 21.3. The first-order chi connectivity index (χ1) is 13.1. The minimum atomic E-state index is -0.421. The molecular weight excluding hydrogens is 340 g/mol. The Morgan fingerprint density at radius 2 is 1.70 bits per heavy atom. The second-order valence-corrected chi connectivity index (χ2v) is 6.22. The van der Waals surface area contributed by atoms with Crippen molar-refractivity contribution >= 4 is 39.0 Å². The van der Waals surface area contributed by atoms with Gasteiger partial charge in [0.2, 0.25) is 5.88 Å². The van der Waals surface area contributed by atoms with E-state index in [1.54, 1.807) is 11.6 Å². The van der Waals surface area contributed by atoms with Crippen LogP contribution < -0.4 is 5.32 Å². The summed E-state index contributed by atoms with van der Waals surface area (Å²) in [5.41, 5.74) is 1.99. The molecule has 0 fully saturated rings. The number of amides is 1. The second kappa shape index (κ2) is 6.92. The third kappa shape index (κ3) is 3.13. The van der Waals surface area contributed by atoms with Crippen LogP contribution in [0.4, 0.5) is 11.4 Å². The van der Waals surface area contributed by atoms with Crippen LogP contribution in [0, 0.1) is 0 Å². The minimum absolute atomic E-state index is 0.0169. The zero-order chi connectivity index (χ0) is 18.8. The lowest BCUT2D eigenvalue weighted by atomic mass is 10.1. The number of nitrogens with one attached hydrogen (secondary N) is 1. The molecule has 0 saturated carbocycles. The fourth-order valence-electron chi connectivity index (χ4n) is 3.15. The van der Waals surface area contributed by atoms with E-state index in [0.717, 1.165) is 27.4 Å². The van der Waals surface area contributed by atoms with E-state index < -0.39 is 5.91 Å². The van der Waals surface area contributed by atoms with Crippen molar-refractivity contribution in [3.05, 3.63) is 66.7 Å². The molecule has 0 radical (unpaired) electrons. The van der Waals surface area contributed by atoms with Gasteiger partial charge in [-0.15, -0.1) is 10.2 Å². The SMILES string of the molecule is Cn1c(O)c(N=NC(=O)CNc2cccc3ccccc23)c2ccccc21. The summed E-state index contributed by atoms with van der Waals surface area (Å²) in [5, 5.41) is 24.0. The lowest BCUT2D eigenvalue weighted by Gasteiger charge is -2.07. The standard InChI is InChI=1S/C21H18N4O2/c1-25-18-12-5-4-10-16(18)20(21(25)27)24-23-19(26)13-22-17-11-6-8-14-7-2-3-9-15(14)17/h2-12,22,27H,13H2,1H3. The van der Waals surface area contributed by atoms with Gasteiger partial charge in [0.05, 0.1) is 12.1 Å². The Hall–Kier alpha value is -3.67. The molecule has 0 spiro atoms. The summed E-state index contributed by atoms with van der Waals surface area (Å²) in [7, 11) is 1.74. The number of aryl methyl sites for hydroxylation is 1. The molecule has 0 atom stereocenters. The van der Waals surface area contributed by atoms with Gasteiger partial charge >= 0.3 is 0 Å². The van der Waals surface area contributed by atoms with Crippen LogP contribution in [-0.4, -0.2) is 22.1 Å². The van der Waals surface area contributed by atoms with Gasteiger partial charge in [-0.2, -0.15) is 0 Å². The topological polar surface area (TPSA) is 79.0 Å². The van der Waals surface area contributed by atoms with E-state index in [2.05, 4.69) is 15.5 Å². The van der Waals surface area contributed by atoms with Crippen molar-refractivity contribution in [1.82, 2.24) is 4.57 Å². The van der Waals surface area contributed by atoms with Gasteiger partial charge in [0.1, 0.15) is 0 Å². The number of carbonyl (C=O) groups excluding carboxylic acids is 1. The average molecular weight is 358 g/mol. The summed E-state index contributed by atoms with van der Waals surface area (Å²) in [6.45, 7) is 0.0169. The third-order valence-electron chi connectivity index (χ3n) is 4.53. The Morgan fingerprint density at radius 1 is 1.00 bits per heavy atom. The molecule has 3 aromatic carbocycles. The van der Waals surface area contributed by atoms with Gasteiger partial charge in [-0.25, -0.2) is 0 Å². The maximum absolute atomic E-state index is 12.2. The van der Waals surface area contributed by atoms with E-state index in [1.807, 2.05) is 66.7 Å². The van der Waals surface area contributed by atoms with Gasteiger partial charge < -0.3 is 15.0 Å². The fraction of sp³-hybridized carbons (Fsp3) is 0.0952. The molecule has 0 saturated heterocycles. The summed E-state index contributed by atoms with van der Waals surface area (Å²) in [6.07, 6.45) is 0. The zero-order valence-electron chi connectivity index (χ0n) is 14.8. The molecule has 134 valence electrons. The van der Waals surface area contributed by atoms with Gasteiger partial charge in [-0.1, -0.05) is 54.6 Å². The number of fused-ring (bicyclic) bond motifs is 2. The van der Waals surface area contributed by atoms with Crippen molar-refractivity contribution in [3.8, 4) is 5.88 Å². The number of aromatic hydroxyl groups is 1. The highest BCUT2D eigenvalue weighted by Crippen LogP contribution is 2.37. The smallest absolute Gasteiger partial charge is 0.283 e. The minimum Gasteiger partial charge on any atom is -0.493 e. The zero-order valence-corrected chi connectivity index (χ0v) is 14.8. The summed E-state index contributed by atoms with van der Waals surface area (Å²) >= 11 is 0. The predicted octanol–water partition coefficient (Wildman–Crippen LogP) is 4.76. The number of hydrogen-bond donors (Lipinski definition) is 2. The quantitative estimate of drug-likeness (QED) is 0.516. The molecule has 0 unspecified atom stereocenters. The van der Waals surface area contributed by atoms with Crippen molar-refractivity contribution in [2.24, 2.45) is 17.3 Å². The Balaban J connectivity index is 1.52. The number of aromatic nitrogens is 1. The van der Waals surface area contributed by atoms with Crippen molar-refractivity contribution < 1.29 is 9.90 Å². The molecule has 1 amide bonds. The maximum atomic E-state index is 12.2. The first-order valence-corrected chi connectivity index (χ1v) is 8.58. The Kier molecular flexibility index (Phi) is 4.30. The van der Waals surface area contributed by atoms with Crippen molar-refractivity contribution in [2.75, 3.05) is 11.9 Å². The number of rotatable bonds is 4. The highest BCUT2D eigenvalue weighted by Gasteiger charge is 2.14. The molecule has 27 heavy (non-hydrogen) atoms. The number of carbonyl (C=O) groups is 1.